The molecule has 84 valence electrons. The third-order valence-corrected chi connectivity index (χ3v) is 2.76. The molecule has 0 amide bonds. The fourth-order valence-corrected chi connectivity index (χ4v) is 1.94. The summed E-state index contributed by atoms with van der Waals surface area (Å²) in [6.45, 7) is 0. The van der Waals surface area contributed by atoms with Crippen molar-refractivity contribution in [2.75, 3.05) is 5.73 Å². The first kappa shape index (κ1) is 9.84. The van der Waals surface area contributed by atoms with Crippen LogP contribution in [0.2, 0.25) is 0 Å². The number of nitrogens with zero attached hydrogens (tertiary/aromatic N) is 3. The predicted molar refractivity (Wildman–Crippen MR) is 68.4 cm³/mol. The van der Waals surface area contributed by atoms with Gasteiger partial charge in [-0.1, -0.05) is 30.3 Å². The summed E-state index contributed by atoms with van der Waals surface area (Å²) in [6.07, 6.45) is 1.65. The van der Waals surface area contributed by atoms with Crippen LogP contribution in [0.4, 0.5) is 5.69 Å². The summed E-state index contributed by atoms with van der Waals surface area (Å²) in [4.78, 5) is 8.87. The number of benzene rings is 1. The summed E-state index contributed by atoms with van der Waals surface area (Å²) in [5, 5.41) is 0. The Morgan fingerprint density at radius 1 is 1.18 bits per heavy atom. The van der Waals surface area contributed by atoms with Gasteiger partial charge in [0, 0.05) is 12.6 Å². The zero-order valence-corrected chi connectivity index (χ0v) is 9.46. The van der Waals surface area contributed by atoms with E-state index < -0.39 is 0 Å². The molecule has 4 heteroatoms. The van der Waals surface area contributed by atoms with Crippen molar-refractivity contribution in [1.82, 2.24) is 14.5 Å². The quantitative estimate of drug-likeness (QED) is 0.689. The van der Waals surface area contributed by atoms with Gasteiger partial charge < -0.3 is 10.3 Å². The molecule has 3 rings (SSSR count). The molecule has 0 aliphatic heterocycles. The summed E-state index contributed by atoms with van der Waals surface area (Å²) >= 11 is 0. The second-order valence-electron chi connectivity index (χ2n) is 3.97. The lowest BCUT2D eigenvalue weighted by Crippen LogP contribution is -1.94. The second kappa shape index (κ2) is 3.59. The number of anilines is 1. The summed E-state index contributed by atoms with van der Waals surface area (Å²) in [5.74, 6) is 0.902. The van der Waals surface area contributed by atoms with Gasteiger partial charge in [0.25, 0.3) is 0 Å². The molecule has 0 spiro atoms. The van der Waals surface area contributed by atoms with Crippen LogP contribution < -0.4 is 5.73 Å². The zero-order valence-electron chi connectivity index (χ0n) is 9.46. The van der Waals surface area contributed by atoms with Crippen molar-refractivity contribution in [2.24, 2.45) is 7.05 Å². The van der Waals surface area contributed by atoms with Crippen molar-refractivity contribution in [2.45, 2.75) is 0 Å². The van der Waals surface area contributed by atoms with Gasteiger partial charge in [-0.2, -0.15) is 0 Å². The van der Waals surface area contributed by atoms with Gasteiger partial charge >= 0.3 is 0 Å². The van der Waals surface area contributed by atoms with Crippen molar-refractivity contribution in [1.29, 1.82) is 0 Å². The fraction of sp³-hybridized carbons (Fsp3) is 0.0769. The molecule has 0 radical (unpaired) electrons. The van der Waals surface area contributed by atoms with E-state index in [9.17, 15) is 0 Å². The number of aromatic nitrogens is 3. The number of hydrogen-bond donors (Lipinski definition) is 1. The maximum Gasteiger partial charge on any atom is 0.160 e. The Morgan fingerprint density at radius 2 is 1.94 bits per heavy atom. The van der Waals surface area contributed by atoms with Gasteiger partial charge in [0.15, 0.2) is 5.65 Å². The first-order valence-electron chi connectivity index (χ1n) is 5.39. The van der Waals surface area contributed by atoms with E-state index in [2.05, 4.69) is 9.97 Å². The molecule has 2 aromatic heterocycles. The van der Waals surface area contributed by atoms with Gasteiger partial charge in [-0.15, -0.1) is 0 Å². The number of pyridine rings is 1. The summed E-state index contributed by atoms with van der Waals surface area (Å²) < 4.78 is 1.98. The van der Waals surface area contributed by atoms with E-state index >= 15 is 0 Å². The third kappa shape index (κ3) is 1.54. The minimum Gasteiger partial charge on any atom is -0.397 e. The summed E-state index contributed by atoms with van der Waals surface area (Å²) in [7, 11) is 1.96. The Labute approximate surface area is 98.7 Å². The summed E-state index contributed by atoms with van der Waals surface area (Å²) in [6, 6.07) is 11.9. The molecular weight excluding hydrogens is 212 g/mol. The normalized spacial score (nSPS) is 10.9. The maximum absolute atomic E-state index is 5.71. The number of nitrogens with two attached hydrogens (primary N) is 1. The fourth-order valence-electron chi connectivity index (χ4n) is 1.94. The van der Waals surface area contributed by atoms with Crippen LogP contribution in [-0.2, 0) is 7.05 Å². The lowest BCUT2D eigenvalue weighted by Gasteiger charge is -2.00. The molecule has 17 heavy (non-hydrogen) atoms. The molecule has 2 heterocycles. The van der Waals surface area contributed by atoms with Crippen LogP contribution in [0.3, 0.4) is 0 Å². The van der Waals surface area contributed by atoms with Crippen LogP contribution in [0.15, 0.2) is 42.6 Å². The largest absolute Gasteiger partial charge is 0.397 e. The van der Waals surface area contributed by atoms with E-state index in [-0.39, 0.29) is 0 Å². The first-order valence-corrected chi connectivity index (χ1v) is 5.39. The maximum atomic E-state index is 5.71. The Hall–Kier alpha value is -2.36. The summed E-state index contributed by atoms with van der Waals surface area (Å²) in [5.41, 5.74) is 9.09. The van der Waals surface area contributed by atoms with Crippen LogP contribution in [-0.4, -0.2) is 14.5 Å². The first-order chi connectivity index (χ1) is 8.25. The lowest BCUT2D eigenvalue weighted by molar-refractivity contribution is 0.942. The highest BCUT2D eigenvalue weighted by Gasteiger charge is 2.10. The van der Waals surface area contributed by atoms with E-state index in [0.717, 1.165) is 22.6 Å². The monoisotopic (exact) mass is 224 g/mol. The molecule has 0 aliphatic carbocycles. The van der Waals surface area contributed by atoms with Crippen LogP contribution in [0.1, 0.15) is 0 Å². The Balaban J connectivity index is 2.28. The van der Waals surface area contributed by atoms with Crippen LogP contribution >= 0.6 is 0 Å². The topological polar surface area (TPSA) is 56.7 Å². The number of hydrogen-bond acceptors (Lipinski definition) is 3. The van der Waals surface area contributed by atoms with Crippen LogP contribution in [0, 0.1) is 0 Å². The Morgan fingerprint density at radius 3 is 2.71 bits per heavy atom. The van der Waals surface area contributed by atoms with Gasteiger partial charge in [-0.3, -0.25) is 0 Å². The van der Waals surface area contributed by atoms with E-state index in [1.807, 2.05) is 48.0 Å². The second-order valence-corrected chi connectivity index (χ2v) is 3.97. The minimum atomic E-state index is 0.634. The van der Waals surface area contributed by atoms with Gasteiger partial charge in [-0.05, 0) is 6.07 Å². The van der Waals surface area contributed by atoms with Crippen molar-refractivity contribution in [3.8, 4) is 11.4 Å². The van der Waals surface area contributed by atoms with Crippen molar-refractivity contribution < 1.29 is 0 Å². The number of imidazole rings is 1. The average molecular weight is 224 g/mol. The molecule has 0 unspecified atom stereocenters. The van der Waals surface area contributed by atoms with Crippen molar-refractivity contribution >= 4 is 16.9 Å². The highest BCUT2D eigenvalue weighted by Crippen LogP contribution is 2.22. The molecule has 0 fully saturated rings. The van der Waals surface area contributed by atoms with Gasteiger partial charge in [-0.25, -0.2) is 9.97 Å². The van der Waals surface area contributed by atoms with Gasteiger partial charge in [0.05, 0.1) is 11.9 Å². The number of fused-ring (bicyclic) bond motifs is 1. The van der Waals surface area contributed by atoms with Crippen LogP contribution in [0.25, 0.3) is 22.6 Å². The van der Waals surface area contributed by atoms with E-state index in [1.165, 1.54) is 0 Å². The van der Waals surface area contributed by atoms with E-state index in [4.69, 9.17) is 5.73 Å². The molecule has 4 nitrogen and oxygen atoms in total. The molecule has 2 N–H and O–H groups in total. The molecule has 0 bridgehead atoms. The molecule has 0 atom stereocenters. The number of nitrogen functional groups attached to an aromatic ring is 1. The highest BCUT2D eigenvalue weighted by molar-refractivity contribution is 5.79. The number of aryl methyl sites for hydroxylation is 1. The molecule has 0 aliphatic rings. The van der Waals surface area contributed by atoms with E-state index in [1.54, 1.807) is 6.20 Å². The molecule has 1 aromatic carbocycles. The molecule has 0 saturated heterocycles. The van der Waals surface area contributed by atoms with E-state index in [0.29, 0.717) is 5.69 Å². The Kier molecular flexibility index (Phi) is 2.08. The molecule has 0 saturated carbocycles. The molecular formula is C13H12N4. The highest BCUT2D eigenvalue weighted by atomic mass is 15.1. The third-order valence-electron chi connectivity index (χ3n) is 2.76. The minimum absolute atomic E-state index is 0.634. The van der Waals surface area contributed by atoms with Crippen molar-refractivity contribution in [3.05, 3.63) is 42.6 Å². The van der Waals surface area contributed by atoms with Gasteiger partial charge in [0.1, 0.15) is 11.3 Å². The SMILES string of the molecule is Cn1c(-c2ccccc2)nc2cc(N)cnc21. The average Bonchev–Trinajstić information content (AvgIpc) is 2.67. The zero-order chi connectivity index (χ0) is 11.8. The van der Waals surface area contributed by atoms with Crippen molar-refractivity contribution in [3.63, 3.8) is 0 Å². The molecule has 3 aromatic rings. The van der Waals surface area contributed by atoms with Crippen LogP contribution in [0.5, 0.6) is 0 Å². The smallest absolute Gasteiger partial charge is 0.160 e. The Bertz CT molecular complexity index is 670. The standard InChI is InChI=1S/C13H12N4/c1-17-12(9-5-3-2-4-6-9)16-11-7-10(14)8-15-13(11)17/h2-8H,14H2,1H3. The lowest BCUT2D eigenvalue weighted by atomic mass is 10.2. The predicted octanol–water partition coefficient (Wildman–Crippen LogP) is 2.22. The number of rotatable bonds is 1. The van der Waals surface area contributed by atoms with Gasteiger partial charge in [0.2, 0.25) is 0 Å².